The smallest absolute Gasteiger partial charge is 0.233 e. The number of halogens is 1. The van der Waals surface area contributed by atoms with Gasteiger partial charge in [0.2, 0.25) is 11.8 Å². The fourth-order valence-corrected chi connectivity index (χ4v) is 5.79. The minimum absolute atomic E-state index is 0.0938. The second kappa shape index (κ2) is 14.0. The largest absolute Gasteiger partial charge is 0.353 e. The summed E-state index contributed by atoms with van der Waals surface area (Å²) in [5, 5.41) is 0.863. The second-order valence-electron chi connectivity index (χ2n) is 9.75. The van der Waals surface area contributed by atoms with Gasteiger partial charge in [-0.05, 0) is 18.9 Å². The van der Waals surface area contributed by atoms with Gasteiger partial charge in [-0.2, -0.15) is 0 Å². The Kier molecular flexibility index (Phi) is 10.4. The van der Waals surface area contributed by atoms with E-state index >= 15 is 0 Å². The molecule has 1 atom stereocenters. The lowest BCUT2D eigenvalue weighted by molar-refractivity contribution is -0.133. The molecule has 1 unspecified atom stereocenters. The Morgan fingerprint density at radius 2 is 1.82 bits per heavy atom. The van der Waals surface area contributed by atoms with Crippen LogP contribution in [-0.2, 0) is 9.59 Å². The van der Waals surface area contributed by atoms with Gasteiger partial charge in [0.15, 0.2) is 5.16 Å². The third-order valence-corrected chi connectivity index (χ3v) is 7.95. The number of carbonyl (C=O) groups is 2. The number of amides is 2. The Bertz CT molecular complexity index is 1110. The Morgan fingerprint density at radius 1 is 1.05 bits per heavy atom. The monoisotopic (exact) mass is 556 g/mol. The molecule has 2 aromatic rings. The Morgan fingerprint density at radius 3 is 2.53 bits per heavy atom. The molecule has 4 rings (SSSR count). The van der Waals surface area contributed by atoms with Crippen LogP contribution < -0.4 is 4.90 Å². The first kappa shape index (κ1) is 28.4. The molecule has 0 saturated carbocycles. The fraction of sp³-hybridized carbons (Fsp3) is 0.500. The van der Waals surface area contributed by atoms with Gasteiger partial charge in [0.25, 0.3) is 0 Å². The van der Waals surface area contributed by atoms with Crippen molar-refractivity contribution < 1.29 is 9.59 Å². The SMILES string of the molecule is CCCC(=O)N1CCN(c2cc(Cl)nc(SCC(=O)N3CCN(CC=Cc4ccccc4)CC3)n2)CC1C. The molecule has 204 valence electrons. The number of benzene rings is 1. The number of aromatic nitrogens is 2. The lowest BCUT2D eigenvalue weighted by atomic mass is 10.1. The van der Waals surface area contributed by atoms with Gasteiger partial charge in [0.1, 0.15) is 11.0 Å². The van der Waals surface area contributed by atoms with E-state index in [-0.39, 0.29) is 23.6 Å². The Balaban J connectivity index is 1.24. The first-order valence-electron chi connectivity index (χ1n) is 13.4. The van der Waals surface area contributed by atoms with E-state index in [0.29, 0.717) is 36.4 Å². The molecule has 1 aromatic heterocycles. The summed E-state index contributed by atoms with van der Waals surface area (Å²) in [6, 6.07) is 12.1. The van der Waals surface area contributed by atoms with E-state index in [1.165, 1.54) is 17.3 Å². The van der Waals surface area contributed by atoms with Crippen molar-refractivity contribution in [2.24, 2.45) is 0 Å². The van der Waals surface area contributed by atoms with Gasteiger partial charge in [-0.15, -0.1) is 0 Å². The van der Waals surface area contributed by atoms with Crippen LogP contribution in [0.5, 0.6) is 0 Å². The van der Waals surface area contributed by atoms with Crippen LogP contribution in [0.2, 0.25) is 5.15 Å². The van der Waals surface area contributed by atoms with Crippen molar-refractivity contribution >= 4 is 47.1 Å². The van der Waals surface area contributed by atoms with Crippen LogP contribution in [0.25, 0.3) is 6.08 Å². The lowest BCUT2D eigenvalue weighted by Crippen LogP contribution is -2.54. The molecule has 2 amide bonds. The van der Waals surface area contributed by atoms with E-state index in [2.05, 4.69) is 51.0 Å². The molecule has 2 aliphatic rings. The summed E-state index contributed by atoms with van der Waals surface area (Å²) >= 11 is 7.65. The molecule has 0 N–H and O–H groups in total. The van der Waals surface area contributed by atoms with Crippen LogP contribution in [0.15, 0.2) is 47.6 Å². The number of rotatable bonds is 9. The summed E-state index contributed by atoms with van der Waals surface area (Å²) in [5.41, 5.74) is 1.20. The van der Waals surface area contributed by atoms with Crippen LogP contribution >= 0.6 is 23.4 Å². The number of hydrogen-bond acceptors (Lipinski definition) is 7. The summed E-state index contributed by atoms with van der Waals surface area (Å²) < 4.78 is 0. The zero-order valence-corrected chi connectivity index (χ0v) is 23.8. The van der Waals surface area contributed by atoms with E-state index in [9.17, 15) is 9.59 Å². The normalized spacial score (nSPS) is 18.8. The van der Waals surface area contributed by atoms with E-state index in [0.717, 1.165) is 45.0 Å². The fourth-order valence-electron chi connectivity index (χ4n) is 4.81. The molecule has 0 radical (unpaired) electrons. The van der Waals surface area contributed by atoms with Gasteiger partial charge < -0.3 is 14.7 Å². The van der Waals surface area contributed by atoms with Gasteiger partial charge in [-0.3, -0.25) is 14.5 Å². The Labute approximate surface area is 235 Å². The van der Waals surface area contributed by atoms with Crippen LogP contribution in [0.4, 0.5) is 5.82 Å². The quantitative estimate of drug-likeness (QED) is 0.263. The topological polar surface area (TPSA) is 72.9 Å². The van der Waals surface area contributed by atoms with Crippen molar-refractivity contribution in [3.63, 3.8) is 0 Å². The van der Waals surface area contributed by atoms with Crippen LogP contribution in [0, 0.1) is 0 Å². The highest BCUT2D eigenvalue weighted by Gasteiger charge is 2.28. The third kappa shape index (κ3) is 7.94. The maximum absolute atomic E-state index is 12.9. The average Bonchev–Trinajstić information content (AvgIpc) is 2.92. The molecule has 1 aromatic carbocycles. The first-order chi connectivity index (χ1) is 18.4. The molecule has 10 heteroatoms. The number of hydrogen-bond donors (Lipinski definition) is 0. The predicted octanol–water partition coefficient (Wildman–Crippen LogP) is 3.92. The molecule has 0 spiro atoms. The highest BCUT2D eigenvalue weighted by Crippen LogP contribution is 2.24. The van der Waals surface area contributed by atoms with Crippen molar-refractivity contribution in [1.82, 2.24) is 24.7 Å². The highest BCUT2D eigenvalue weighted by molar-refractivity contribution is 7.99. The Hall–Kier alpha value is -2.62. The maximum Gasteiger partial charge on any atom is 0.233 e. The van der Waals surface area contributed by atoms with Crippen molar-refractivity contribution in [3.05, 3.63) is 53.2 Å². The number of thioether (sulfide) groups is 1. The molecular weight excluding hydrogens is 520 g/mol. The standard InChI is InChI=1S/C28H37ClN6O2S/c1-3-8-26(36)35-18-17-34(20-22(35)2)25-19-24(29)30-28(31-25)38-21-27(37)33-15-13-32(14-16-33)12-7-11-23-9-5-4-6-10-23/h4-7,9-11,19,22H,3,8,12-18,20-21H2,1-2H3. The van der Waals surface area contributed by atoms with E-state index in [1.807, 2.05) is 34.9 Å². The molecule has 2 aliphatic heterocycles. The summed E-state index contributed by atoms with van der Waals surface area (Å²) in [6.07, 6.45) is 5.76. The van der Waals surface area contributed by atoms with E-state index < -0.39 is 0 Å². The zero-order valence-electron chi connectivity index (χ0n) is 22.3. The van der Waals surface area contributed by atoms with Gasteiger partial charge in [0.05, 0.1) is 5.75 Å². The number of nitrogens with zero attached hydrogens (tertiary/aromatic N) is 6. The molecule has 3 heterocycles. The number of anilines is 1. The minimum atomic E-state index is 0.0938. The summed E-state index contributed by atoms with van der Waals surface area (Å²) in [4.78, 5) is 42.7. The van der Waals surface area contributed by atoms with E-state index in [4.69, 9.17) is 11.6 Å². The summed E-state index contributed by atoms with van der Waals surface area (Å²) in [7, 11) is 0. The van der Waals surface area contributed by atoms with Crippen molar-refractivity contribution in [2.45, 2.75) is 37.9 Å². The molecule has 38 heavy (non-hydrogen) atoms. The minimum Gasteiger partial charge on any atom is -0.353 e. The zero-order chi connectivity index (χ0) is 26.9. The van der Waals surface area contributed by atoms with E-state index in [1.54, 1.807) is 6.07 Å². The molecular formula is C28H37ClN6O2S. The number of piperazine rings is 2. The summed E-state index contributed by atoms with van der Waals surface area (Å²) in [6.45, 7) is 10.2. The van der Waals surface area contributed by atoms with Crippen LogP contribution in [0.3, 0.4) is 0 Å². The average molecular weight is 557 g/mol. The van der Waals surface area contributed by atoms with Gasteiger partial charge in [0, 0.05) is 70.9 Å². The van der Waals surface area contributed by atoms with Crippen LogP contribution in [-0.4, -0.2) is 101 Å². The summed E-state index contributed by atoms with van der Waals surface area (Å²) in [5.74, 6) is 1.33. The molecule has 2 fully saturated rings. The molecule has 0 bridgehead atoms. The first-order valence-corrected chi connectivity index (χ1v) is 14.7. The maximum atomic E-state index is 12.9. The highest BCUT2D eigenvalue weighted by atomic mass is 35.5. The van der Waals surface area contributed by atoms with Gasteiger partial charge >= 0.3 is 0 Å². The second-order valence-corrected chi connectivity index (χ2v) is 11.1. The van der Waals surface area contributed by atoms with Gasteiger partial charge in [-0.1, -0.05) is 72.8 Å². The third-order valence-electron chi connectivity index (χ3n) is 6.92. The molecule has 2 saturated heterocycles. The van der Waals surface area contributed by atoms with Crippen molar-refractivity contribution in [3.8, 4) is 0 Å². The molecule has 0 aliphatic carbocycles. The van der Waals surface area contributed by atoms with Crippen molar-refractivity contribution in [2.75, 3.05) is 63.0 Å². The lowest BCUT2D eigenvalue weighted by Gasteiger charge is -2.40. The number of carbonyl (C=O) groups excluding carboxylic acids is 2. The predicted molar refractivity (Wildman–Crippen MR) is 155 cm³/mol. The van der Waals surface area contributed by atoms with Gasteiger partial charge in [-0.25, -0.2) is 9.97 Å². The van der Waals surface area contributed by atoms with Crippen molar-refractivity contribution in [1.29, 1.82) is 0 Å². The molecule has 8 nitrogen and oxygen atoms in total. The van der Waals surface area contributed by atoms with Crippen LogP contribution in [0.1, 0.15) is 32.3 Å².